The molecule has 3 aromatic carbocycles. The summed E-state index contributed by atoms with van der Waals surface area (Å²) in [4.78, 5) is 14.6. The van der Waals surface area contributed by atoms with Gasteiger partial charge >= 0.3 is 204 Å². The maximum atomic E-state index is 5.21. The van der Waals surface area contributed by atoms with Crippen molar-refractivity contribution in [2.45, 2.75) is 6.92 Å². The summed E-state index contributed by atoms with van der Waals surface area (Å²) in [6.45, 7) is 2.83. The van der Waals surface area contributed by atoms with Crippen LogP contribution in [0.3, 0.4) is 0 Å². The molecule has 0 spiro atoms. The van der Waals surface area contributed by atoms with Crippen LogP contribution in [0.25, 0.3) is 41.9 Å². The standard InChI is InChI=1S/C32H24N4Se/c1-22-17-18-25-24-12-7-13-27(31(24)37-32(25)33-22)29-15-8-14-28(34-29)26-11-5-6-16-30(26)36-20-19-35(21-36)23-9-3-2-4-10-23/h2-20H,21H2,1H3. The van der Waals surface area contributed by atoms with Crippen molar-refractivity contribution in [3.05, 3.63) is 121 Å². The Morgan fingerprint density at radius 3 is 2.24 bits per heavy atom. The zero-order valence-electron chi connectivity index (χ0n) is 20.4. The topological polar surface area (TPSA) is 32.3 Å². The Morgan fingerprint density at radius 1 is 0.622 bits per heavy atom. The summed E-state index contributed by atoms with van der Waals surface area (Å²) in [6, 6.07) is 36.3. The number of fused-ring (bicyclic) bond motifs is 3. The Balaban J connectivity index is 1.28. The van der Waals surface area contributed by atoms with Crippen molar-refractivity contribution in [1.29, 1.82) is 0 Å². The fraction of sp³-hybridized carbons (Fsp3) is 0.0625. The fourth-order valence-corrected chi connectivity index (χ4v) is 7.62. The zero-order valence-corrected chi connectivity index (χ0v) is 22.1. The first-order valence-corrected chi connectivity index (χ1v) is 14.1. The van der Waals surface area contributed by atoms with Gasteiger partial charge in [-0.2, -0.15) is 0 Å². The molecule has 0 saturated heterocycles. The Bertz CT molecular complexity index is 1790. The number of nitrogens with zero attached hydrogens (tertiary/aromatic N) is 4. The van der Waals surface area contributed by atoms with E-state index in [2.05, 4.69) is 132 Å². The molecule has 0 aliphatic carbocycles. The number of benzene rings is 3. The van der Waals surface area contributed by atoms with Crippen LogP contribution in [0.15, 0.2) is 116 Å². The molecular formula is C32H24N4Se. The van der Waals surface area contributed by atoms with E-state index in [1.807, 2.05) is 0 Å². The molecule has 5 heteroatoms. The van der Waals surface area contributed by atoms with Gasteiger partial charge in [0.25, 0.3) is 0 Å². The number of rotatable bonds is 4. The maximum absolute atomic E-state index is 5.21. The van der Waals surface area contributed by atoms with Crippen LogP contribution < -0.4 is 9.80 Å². The van der Waals surface area contributed by atoms with Crippen LogP contribution in [0, 0.1) is 6.92 Å². The van der Waals surface area contributed by atoms with E-state index in [-0.39, 0.29) is 14.5 Å². The third-order valence-corrected chi connectivity index (χ3v) is 9.25. The van der Waals surface area contributed by atoms with Crippen LogP contribution in [0.5, 0.6) is 0 Å². The third kappa shape index (κ3) is 3.93. The van der Waals surface area contributed by atoms with E-state index >= 15 is 0 Å². The van der Waals surface area contributed by atoms with E-state index in [1.165, 1.54) is 30.7 Å². The van der Waals surface area contributed by atoms with Gasteiger partial charge in [-0.25, -0.2) is 0 Å². The molecular weight excluding hydrogens is 519 g/mol. The van der Waals surface area contributed by atoms with Crippen molar-refractivity contribution in [2.75, 3.05) is 16.5 Å². The molecule has 6 aromatic rings. The van der Waals surface area contributed by atoms with Crippen LogP contribution in [0.2, 0.25) is 0 Å². The molecule has 0 N–H and O–H groups in total. The molecule has 0 fully saturated rings. The van der Waals surface area contributed by atoms with Gasteiger partial charge in [0.1, 0.15) is 0 Å². The van der Waals surface area contributed by atoms with Gasteiger partial charge in [0.15, 0.2) is 0 Å². The molecule has 0 bridgehead atoms. The van der Waals surface area contributed by atoms with Crippen LogP contribution in [0.1, 0.15) is 5.69 Å². The number of hydrogen-bond donors (Lipinski definition) is 0. The summed E-state index contributed by atoms with van der Waals surface area (Å²) < 4.78 is 2.60. The molecule has 4 nitrogen and oxygen atoms in total. The van der Waals surface area contributed by atoms with Crippen LogP contribution in [0.4, 0.5) is 11.4 Å². The molecule has 37 heavy (non-hydrogen) atoms. The van der Waals surface area contributed by atoms with Crippen molar-refractivity contribution in [1.82, 2.24) is 9.97 Å². The summed E-state index contributed by atoms with van der Waals surface area (Å²) in [5.74, 6) is 0. The quantitative estimate of drug-likeness (QED) is 0.220. The SMILES string of the molecule is Cc1ccc2c(n1)[se]c1c(-c3cccc(-c4ccccc4N4C=CN(c5ccccc5)C4)n3)cccc12. The fourth-order valence-electron chi connectivity index (χ4n) is 5.01. The molecule has 7 rings (SSSR count). The number of para-hydroxylation sites is 2. The van der Waals surface area contributed by atoms with Gasteiger partial charge in [-0.15, -0.1) is 0 Å². The molecule has 0 saturated carbocycles. The summed E-state index contributed by atoms with van der Waals surface area (Å²) in [7, 11) is 0. The predicted octanol–water partition coefficient (Wildman–Crippen LogP) is 7.24. The summed E-state index contributed by atoms with van der Waals surface area (Å²) in [5.41, 5.74) is 7.74. The molecule has 0 radical (unpaired) electrons. The van der Waals surface area contributed by atoms with E-state index in [0.29, 0.717) is 0 Å². The van der Waals surface area contributed by atoms with E-state index in [1.54, 1.807) is 0 Å². The Kier molecular flexibility index (Phi) is 5.39. The number of hydrogen-bond acceptors (Lipinski definition) is 4. The van der Waals surface area contributed by atoms with E-state index in [9.17, 15) is 0 Å². The van der Waals surface area contributed by atoms with Crippen molar-refractivity contribution in [3.8, 4) is 22.5 Å². The Morgan fingerprint density at radius 2 is 1.35 bits per heavy atom. The molecule has 4 heterocycles. The Hall–Kier alpha value is -4.18. The molecule has 178 valence electrons. The number of pyridine rings is 2. The zero-order chi connectivity index (χ0) is 24.8. The van der Waals surface area contributed by atoms with Crippen molar-refractivity contribution < 1.29 is 0 Å². The minimum atomic E-state index is 0.171. The first-order valence-electron chi connectivity index (χ1n) is 12.4. The molecule has 1 aliphatic heterocycles. The molecule has 0 atom stereocenters. The molecule has 0 amide bonds. The monoisotopic (exact) mass is 544 g/mol. The van der Waals surface area contributed by atoms with Gasteiger partial charge in [-0.3, -0.25) is 0 Å². The van der Waals surface area contributed by atoms with Gasteiger partial charge < -0.3 is 0 Å². The number of aryl methyl sites for hydroxylation is 1. The van der Waals surface area contributed by atoms with Gasteiger partial charge in [0.2, 0.25) is 0 Å². The van der Waals surface area contributed by atoms with Gasteiger partial charge in [-0.1, -0.05) is 18.2 Å². The molecule has 1 aliphatic rings. The number of aromatic nitrogens is 2. The number of anilines is 2. The average molecular weight is 544 g/mol. The predicted molar refractivity (Wildman–Crippen MR) is 155 cm³/mol. The summed E-state index contributed by atoms with van der Waals surface area (Å²) in [5, 5.41) is 2.57. The average Bonchev–Trinajstić information content (AvgIpc) is 3.58. The normalized spacial score (nSPS) is 13.2. The van der Waals surface area contributed by atoms with Crippen LogP contribution >= 0.6 is 0 Å². The summed E-state index contributed by atoms with van der Waals surface area (Å²) >= 11 is 0.171. The first-order chi connectivity index (χ1) is 18.2. The van der Waals surface area contributed by atoms with E-state index in [4.69, 9.17) is 9.97 Å². The van der Waals surface area contributed by atoms with Gasteiger partial charge in [0, 0.05) is 0 Å². The van der Waals surface area contributed by atoms with Crippen LogP contribution in [-0.4, -0.2) is 31.1 Å². The molecule has 3 aromatic heterocycles. The third-order valence-electron chi connectivity index (χ3n) is 6.84. The van der Waals surface area contributed by atoms with E-state index in [0.717, 1.165) is 35.0 Å². The first kappa shape index (κ1) is 22.1. The second kappa shape index (κ2) is 9.04. The molecule has 0 unspecified atom stereocenters. The van der Waals surface area contributed by atoms with Crippen molar-refractivity contribution in [3.63, 3.8) is 0 Å². The van der Waals surface area contributed by atoms with Crippen molar-refractivity contribution >= 4 is 45.3 Å². The summed E-state index contributed by atoms with van der Waals surface area (Å²) in [6.07, 6.45) is 4.28. The van der Waals surface area contributed by atoms with Gasteiger partial charge in [-0.05, 0) is 0 Å². The van der Waals surface area contributed by atoms with Gasteiger partial charge in [0.05, 0.1) is 0 Å². The van der Waals surface area contributed by atoms with Crippen LogP contribution in [-0.2, 0) is 0 Å². The van der Waals surface area contributed by atoms with E-state index < -0.39 is 0 Å². The minimum absolute atomic E-state index is 0.171. The Labute approximate surface area is 221 Å². The van der Waals surface area contributed by atoms with Crippen molar-refractivity contribution in [2.24, 2.45) is 0 Å². The second-order valence-corrected chi connectivity index (χ2v) is 11.3. The second-order valence-electron chi connectivity index (χ2n) is 9.23.